The van der Waals surface area contributed by atoms with Gasteiger partial charge in [-0.15, -0.1) is 10.2 Å². The molecule has 23 heavy (non-hydrogen) atoms. The van der Waals surface area contributed by atoms with E-state index in [1.807, 2.05) is 29.9 Å². The Balaban J connectivity index is 1.44. The second kappa shape index (κ2) is 4.61. The van der Waals surface area contributed by atoms with Gasteiger partial charge in [0.15, 0.2) is 5.82 Å². The van der Waals surface area contributed by atoms with Crippen LogP contribution in [0.25, 0.3) is 5.65 Å². The molecule has 2 aliphatic heterocycles. The first-order valence-electron chi connectivity index (χ1n) is 7.76. The van der Waals surface area contributed by atoms with Crippen molar-refractivity contribution >= 4 is 17.4 Å². The lowest BCUT2D eigenvalue weighted by Gasteiger charge is -2.34. The van der Waals surface area contributed by atoms with Gasteiger partial charge in [-0.2, -0.15) is 0 Å². The molecule has 2 atom stereocenters. The van der Waals surface area contributed by atoms with Gasteiger partial charge in [0.25, 0.3) is 0 Å². The molecule has 116 valence electrons. The molecule has 0 aromatic carbocycles. The molecule has 2 fully saturated rings. The van der Waals surface area contributed by atoms with Crippen LogP contribution >= 0.6 is 0 Å². The van der Waals surface area contributed by atoms with Crippen LogP contribution in [0.1, 0.15) is 12.0 Å². The molecular weight excluding hydrogens is 292 g/mol. The first kappa shape index (κ1) is 12.7. The van der Waals surface area contributed by atoms with Crippen LogP contribution in [0.5, 0.6) is 0 Å². The van der Waals surface area contributed by atoms with Crippen LogP contribution in [0, 0.1) is 6.92 Å². The summed E-state index contributed by atoms with van der Waals surface area (Å²) in [5, 5.41) is 8.19. The maximum atomic E-state index is 4.54. The molecule has 0 aliphatic carbocycles. The summed E-state index contributed by atoms with van der Waals surface area (Å²) in [5.74, 6) is 1.75. The van der Waals surface area contributed by atoms with Gasteiger partial charge in [-0.05, 0) is 18.9 Å². The molecule has 0 saturated carbocycles. The van der Waals surface area contributed by atoms with E-state index in [0.717, 1.165) is 42.5 Å². The molecule has 3 aromatic heterocycles. The molecule has 5 heterocycles. The molecule has 0 amide bonds. The van der Waals surface area contributed by atoms with Crippen molar-refractivity contribution in [3.05, 3.63) is 36.7 Å². The van der Waals surface area contributed by atoms with Crippen LogP contribution in [0.4, 0.5) is 11.8 Å². The minimum absolute atomic E-state index is 0.417. The average molecular weight is 308 g/mol. The molecule has 8 nitrogen and oxygen atoms in total. The Morgan fingerprint density at radius 2 is 1.83 bits per heavy atom. The zero-order valence-corrected chi connectivity index (χ0v) is 12.7. The topological polar surface area (TPSA) is 75.3 Å². The monoisotopic (exact) mass is 308 g/mol. The van der Waals surface area contributed by atoms with Crippen LogP contribution < -0.4 is 9.80 Å². The zero-order chi connectivity index (χ0) is 15.4. The van der Waals surface area contributed by atoms with E-state index in [-0.39, 0.29) is 0 Å². The normalized spacial score (nSPS) is 23.2. The minimum Gasteiger partial charge on any atom is -0.347 e. The number of aryl methyl sites for hydroxylation is 1. The predicted molar refractivity (Wildman–Crippen MR) is 84.4 cm³/mol. The van der Waals surface area contributed by atoms with Crippen LogP contribution in [0.3, 0.4) is 0 Å². The van der Waals surface area contributed by atoms with Gasteiger partial charge < -0.3 is 9.80 Å². The van der Waals surface area contributed by atoms with Crippen LogP contribution in [-0.2, 0) is 0 Å². The van der Waals surface area contributed by atoms with Crippen molar-refractivity contribution in [3.63, 3.8) is 0 Å². The highest BCUT2D eigenvalue weighted by atomic mass is 15.4. The number of rotatable bonds is 2. The molecule has 3 aromatic rings. The Hall–Kier alpha value is -2.77. The number of fused-ring (bicyclic) bond motifs is 3. The van der Waals surface area contributed by atoms with Gasteiger partial charge in [0.2, 0.25) is 11.6 Å². The number of nitrogens with zero attached hydrogens (tertiary/aromatic N) is 8. The van der Waals surface area contributed by atoms with Crippen molar-refractivity contribution in [2.75, 3.05) is 22.9 Å². The van der Waals surface area contributed by atoms with E-state index in [2.05, 4.69) is 34.9 Å². The maximum Gasteiger partial charge on any atom is 0.225 e. The Labute approximate surface area is 132 Å². The highest BCUT2D eigenvalue weighted by Gasteiger charge is 2.45. The smallest absolute Gasteiger partial charge is 0.225 e. The standard InChI is InChI=1S/C15H16N8/c1-10-5-17-15(18-6-10)23-8-11-4-12(23)7-22(11)13-14-20-19-9-21(14)3-2-16-13/h2-3,5-6,9,11-12H,4,7-8H2,1H3. The van der Waals surface area contributed by atoms with E-state index < -0.39 is 0 Å². The third kappa shape index (κ3) is 1.87. The third-order valence-electron chi connectivity index (χ3n) is 4.73. The van der Waals surface area contributed by atoms with Gasteiger partial charge in [-0.1, -0.05) is 0 Å². The van der Waals surface area contributed by atoms with E-state index in [1.54, 1.807) is 12.5 Å². The number of anilines is 2. The lowest BCUT2D eigenvalue weighted by atomic mass is 10.2. The van der Waals surface area contributed by atoms with Gasteiger partial charge >= 0.3 is 0 Å². The SMILES string of the molecule is Cc1cnc(N2CC3CC2CN3c2nccn3cnnc23)nc1. The molecule has 2 saturated heterocycles. The quantitative estimate of drug-likeness (QED) is 0.689. The lowest BCUT2D eigenvalue weighted by molar-refractivity contribution is 0.628. The number of aromatic nitrogens is 6. The molecule has 5 rings (SSSR count). The van der Waals surface area contributed by atoms with Crippen LogP contribution in [0.2, 0.25) is 0 Å². The number of hydrogen-bond donors (Lipinski definition) is 0. The van der Waals surface area contributed by atoms with Crippen molar-refractivity contribution < 1.29 is 0 Å². The van der Waals surface area contributed by atoms with Crippen molar-refractivity contribution in [2.45, 2.75) is 25.4 Å². The van der Waals surface area contributed by atoms with Gasteiger partial charge in [-0.3, -0.25) is 4.40 Å². The van der Waals surface area contributed by atoms with Crippen molar-refractivity contribution in [1.82, 2.24) is 29.5 Å². The highest BCUT2D eigenvalue weighted by Crippen LogP contribution is 2.36. The van der Waals surface area contributed by atoms with Crippen LogP contribution in [-0.4, -0.2) is 54.7 Å². The van der Waals surface area contributed by atoms with Gasteiger partial charge in [0.05, 0.1) is 12.1 Å². The summed E-state index contributed by atoms with van der Waals surface area (Å²) in [6.07, 6.45) is 10.3. The summed E-state index contributed by atoms with van der Waals surface area (Å²) in [7, 11) is 0. The predicted octanol–water partition coefficient (Wildman–Crippen LogP) is 0.690. The maximum absolute atomic E-state index is 4.54. The lowest BCUT2D eigenvalue weighted by Crippen LogP contribution is -2.47. The van der Waals surface area contributed by atoms with Crippen LogP contribution in [0.15, 0.2) is 31.1 Å². The van der Waals surface area contributed by atoms with Gasteiger partial charge in [0, 0.05) is 37.9 Å². The summed E-state index contributed by atoms with van der Waals surface area (Å²) in [4.78, 5) is 18.1. The number of piperazine rings is 1. The summed E-state index contributed by atoms with van der Waals surface area (Å²) >= 11 is 0. The highest BCUT2D eigenvalue weighted by molar-refractivity contribution is 5.65. The Morgan fingerprint density at radius 1 is 1.04 bits per heavy atom. The fraction of sp³-hybridized carbons (Fsp3) is 0.400. The molecule has 2 unspecified atom stereocenters. The first-order chi connectivity index (χ1) is 11.3. The third-order valence-corrected chi connectivity index (χ3v) is 4.73. The number of hydrogen-bond acceptors (Lipinski definition) is 7. The summed E-state index contributed by atoms with van der Waals surface area (Å²) < 4.78 is 1.91. The summed E-state index contributed by atoms with van der Waals surface area (Å²) in [6, 6.07) is 0.841. The Kier molecular flexibility index (Phi) is 2.55. The fourth-order valence-corrected chi connectivity index (χ4v) is 3.65. The molecule has 0 radical (unpaired) electrons. The van der Waals surface area contributed by atoms with Crippen molar-refractivity contribution in [3.8, 4) is 0 Å². The summed E-state index contributed by atoms with van der Waals surface area (Å²) in [6.45, 7) is 3.85. The molecular formula is C15H16N8. The van der Waals surface area contributed by atoms with E-state index in [4.69, 9.17) is 0 Å². The second-order valence-corrected chi connectivity index (χ2v) is 6.22. The first-order valence-corrected chi connectivity index (χ1v) is 7.76. The van der Waals surface area contributed by atoms with E-state index in [9.17, 15) is 0 Å². The largest absolute Gasteiger partial charge is 0.347 e. The Morgan fingerprint density at radius 3 is 2.61 bits per heavy atom. The fourth-order valence-electron chi connectivity index (χ4n) is 3.65. The molecule has 2 bridgehead atoms. The van der Waals surface area contributed by atoms with Gasteiger partial charge in [-0.25, -0.2) is 15.0 Å². The van der Waals surface area contributed by atoms with Crippen molar-refractivity contribution in [1.29, 1.82) is 0 Å². The molecule has 8 heteroatoms. The average Bonchev–Trinajstić information content (AvgIpc) is 3.29. The second-order valence-electron chi connectivity index (χ2n) is 6.22. The van der Waals surface area contributed by atoms with E-state index >= 15 is 0 Å². The zero-order valence-electron chi connectivity index (χ0n) is 12.7. The minimum atomic E-state index is 0.417. The van der Waals surface area contributed by atoms with Gasteiger partial charge in [0.1, 0.15) is 6.33 Å². The Bertz CT molecular complexity index is 857. The van der Waals surface area contributed by atoms with E-state index in [1.165, 1.54) is 0 Å². The molecule has 0 spiro atoms. The van der Waals surface area contributed by atoms with E-state index in [0.29, 0.717) is 12.1 Å². The molecule has 2 aliphatic rings. The van der Waals surface area contributed by atoms with Crippen molar-refractivity contribution in [2.24, 2.45) is 0 Å². The summed E-state index contributed by atoms with van der Waals surface area (Å²) in [5.41, 5.74) is 1.90. The molecule has 0 N–H and O–H groups in total.